The van der Waals surface area contributed by atoms with Gasteiger partial charge < -0.3 is 16.0 Å². The lowest BCUT2D eigenvalue weighted by Gasteiger charge is -2.40. The van der Waals surface area contributed by atoms with Crippen LogP contribution in [0.2, 0.25) is 0 Å². The fourth-order valence-electron chi connectivity index (χ4n) is 2.22. The molecule has 1 fully saturated rings. The Morgan fingerprint density at radius 2 is 1.68 bits per heavy atom. The molecule has 1 saturated heterocycles. The summed E-state index contributed by atoms with van der Waals surface area (Å²) < 4.78 is 0. The Labute approximate surface area is 118 Å². The first-order chi connectivity index (χ1) is 8.55. The lowest BCUT2D eigenvalue weighted by molar-refractivity contribution is -0.133. The van der Waals surface area contributed by atoms with E-state index in [-0.39, 0.29) is 5.91 Å². The zero-order chi connectivity index (χ0) is 14.8. The van der Waals surface area contributed by atoms with E-state index in [0.717, 1.165) is 25.9 Å². The number of hydrogen-bond acceptors (Lipinski definition) is 3. The SMILES string of the molecule is CC(C)N1CCC(NC(=O)C(C)(C)C(C)(C)N)CC1. The van der Waals surface area contributed by atoms with Crippen molar-refractivity contribution in [2.75, 3.05) is 13.1 Å². The average molecular weight is 269 g/mol. The molecule has 0 spiro atoms. The molecule has 1 heterocycles. The minimum atomic E-state index is -0.553. The van der Waals surface area contributed by atoms with Crippen LogP contribution in [0.4, 0.5) is 0 Å². The summed E-state index contributed by atoms with van der Waals surface area (Å²) in [6.07, 6.45) is 2.07. The molecule has 4 nitrogen and oxygen atoms in total. The summed E-state index contributed by atoms with van der Waals surface area (Å²) in [7, 11) is 0. The van der Waals surface area contributed by atoms with Gasteiger partial charge in [-0.1, -0.05) is 0 Å². The van der Waals surface area contributed by atoms with Crippen molar-refractivity contribution in [3.05, 3.63) is 0 Å². The van der Waals surface area contributed by atoms with Gasteiger partial charge in [0.2, 0.25) is 5.91 Å². The van der Waals surface area contributed by atoms with Crippen LogP contribution in [0.25, 0.3) is 0 Å². The van der Waals surface area contributed by atoms with E-state index in [2.05, 4.69) is 24.1 Å². The van der Waals surface area contributed by atoms with E-state index in [1.165, 1.54) is 0 Å². The van der Waals surface area contributed by atoms with Crippen molar-refractivity contribution >= 4 is 5.91 Å². The van der Waals surface area contributed by atoms with Crippen LogP contribution in [-0.2, 0) is 4.79 Å². The fraction of sp³-hybridized carbons (Fsp3) is 0.933. The van der Waals surface area contributed by atoms with Gasteiger partial charge in [0.15, 0.2) is 0 Å². The first-order valence-electron chi connectivity index (χ1n) is 7.39. The van der Waals surface area contributed by atoms with Crippen molar-refractivity contribution in [3.8, 4) is 0 Å². The molecule has 19 heavy (non-hydrogen) atoms. The third kappa shape index (κ3) is 3.93. The Balaban J connectivity index is 2.52. The molecule has 0 unspecified atom stereocenters. The molecule has 0 radical (unpaired) electrons. The number of amides is 1. The van der Waals surface area contributed by atoms with E-state index in [4.69, 9.17) is 5.73 Å². The van der Waals surface area contributed by atoms with Crippen LogP contribution in [0.15, 0.2) is 0 Å². The van der Waals surface area contributed by atoms with Crippen molar-refractivity contribution in [2.45, 2.75) is 72.0 Å². The van der Waals surface area contributed by atoms with E-state index in [1.54, 1.807) is 0 Å². The summed E-state index contributed by atoms with van der Waals surface area (Å²) in [4.78, 5) is 14.8. The standard InChI is InChI=1S/C15H31N3O/c1-11(2)18-9-7-12(8-10-18)17-13(19)14(3,4)15(5,6)16/h11-12H,7-10,16H2,1-6H3,(H,17,19). The van der Waals surface area contributed by atoms with E-state index in [1.807, 2.05) is 27.7 Å². The molecule has 1 aliphatic rings. The molecule has 0 bridgehead atoms. The van der Waals surface area contributed by atoms with Crippen molar-refractivity contribution in [1.29, 1.82) is 0 Å². The minimum Gasteiger partial charge on any atom is -0.353 e. The number of piperidine rings is 1. The van der Waals surface area contributed by atoms with Crippen molar-refractivity contribution in [2.24, 2.45) is 11.1 Å². The molecule has 0 atom stereocenters. The van der Waals surface area contributed by atoms with Gasteiger partial charge in [0, 0.05) is 30.7 Å². The van der Waals surface area contributed by atoms with Gasteiger partial charge >= 0.3 is 0 Å². The minimum absolute atomic E-state index is 0.0722. The largest absolute Gasteiger partial charge is 0.353 e. The fourth-order valence-corrected chi connectivity index (χ4v) is 2.22. The maximum absolute atomic E-state index is 12.4. The zero-order valence-corrected chi connectivity index (χ0v) is 13.4. The van der Waals surface area contributed by atoms with Crippen LogP contribution in [0.5, 0.6) is 0 Å². The second-order valence-electron chi connectivity index (χ2n) is 7.22. The molecule has 1 amide bonds. The molecule has 0 aromatic heterocycles. The topological polar surface area (TPSA) is 58.4 Å². The number of carbonyl (C=O) groups is 1. The van der Waals surface area contributed by atoms with Gasteiger partial charge in [-0.05, 0) is 54.4 Å². The van der Waals surface area contributed by atoms with Gasteiger partial charge in [-0.2, -0.15) is 0 Å². The van der Waals surface area contributed by atoms with E-state index < -0.39 is 11.0 Å². The summed E-state index contributed by atoms with van der Waals surface area (Å²) in [6.45, 7) is 14.2. The Kier molecular flexibility index (Phi) is 5.02. The normalized spacial score (nSPS) is 19.8. The quantitative estimate of drug-likeness (QED) is 0.817. The lowest BCUT2D eigenvalue weighted by Crippen LogP contribution is -2.58. The number of rotatable bonds is 4. The van der Waals surface area contributed by atoms with Crippen LogP contribution in [0.3, 0.4) is 0 Å². The van der Waals surface area contributed by atoms with E-state index in [0.29, 0.717) is 12.1 Å². The molecule has 1 rings (SSSR count). The average Bonchev–Trinajstić information content (AvgIpc) is 2.28. The number of likely N-dealkylation sites (tertiary alicyclic amines) is 1. The summed E-state index contributed by atoms with van der Waals surface area (Å²) in [5.74, 6) is 0.0722. The molecule has 0 aliphatic carbocycles. The second-order valence-corrected chi connectivity index (χ2v) is 7.22. The Bertz CT molecular complexity index is 310. The van der Waals surface area contributed by atoms with Crippen molar-refractivity contribution in [3.63, 3.8) is 0 Å². The Hall–Kier alpha value is -0.610. The highest BCUT2D eigenvalue weighted by Crippen LogP contribution is 2.29. The third-order valence-electron chi connectivity index (χ3n) is 4.77. The molecule has 3 N–H and O–H groups in total. The molecule has 0 aromatic carbocycles. The molecule has 1 aliphatic heterocycles. The van der Waals surface area contributed by atoms with Crippen LogP contribution < -0.4 is 11.1 Å². The van der Waals surface area contributed by atoms with Crippen molar-refractivity contribution in [1.82, 2.24) is 10.2 Å². The molecule has 0 saturated carbocycles. The van der Waals surface area contributed by atoms with Crippen LogP contribution in [-0.4, -0.2) is 41.5 Å². The van der Waals surface area contributed by atoms with Gasteiger partial charge in [0.05, 0.1) is 5.41 Å². The Morgan fingerprint density at radius 1 is 1.21 bits per heavy atom. The van der Waals surface area contributed by atoms with Crippen LogP contribution in [0.1, 0.15) is 54.4 Å². The van der Waals surface area contributed by atoms with Gasteiger partial charge in [0.1, 0.15) is 0 Å². The molecular weight excluding hydrogens is 238 g/mol. The first kappa shape index (κ1) is 16.4. The number of hydrogen-bond donors (Lipinski definition) is 2. The Morgan fingerprint density at radius 3 is 2.05 bits per heavy atom. The predicted molar refractivity (Wildman–Crippen MR) is 79.9 cm³/mol. The maximum Gasteiger partial charge on any atom is 0.227 e. The van der Waals surface area contributed by atoms with E-state index in [9.17, 15) is 4.79 Å². The summed E-state index contributed by atoms with van der Waals surface area (Å²) in [6, 6.07) is 0.889. The highest BCUT2D eigenvalue weighted by atomic mass is 16.2. The maximum atomic E-state index is 12.4. The van der Waals surface area contributed by atoms with E-state index >= 15 is 0 Å². The molecule has 4 heteroatoms. The van der Waals surface area contributed by atoms with Gasteiger partial charge in [-0.3, -0.25) is 4.79 Å². The smallest absolute Gasteiger partial charge is 0.227 e. The zero-order valence-electron chi connectivity index (χ0n) is 13.4. The monoisotopic (exact) mass is 269 g/mol. The summed E-state index contributed by atoms with van der Waals surface area (Å²) in [5.41, 5.74) is 5.04. The number of nitrogens with zero attached hydrogens (tertiary/aromatic N) is 1. The first-order valence-corrected chi connectivity index (χ1v) is 7.39. The highest BCUT2D eigenvalue weighted by molar-refractivity contribution is 5.83. The van der Waals surface area contributed by atoms with Gasteiger partial charge in [-0.15, -0.1) is 0 Å². The molecular formula is C15H31N3O. The predicted octanol–water partition coefficient (Wildman–Crippen LogP) is 1.74. The lowest BCUT2D eigenvalue weighted by atomic mass is 9.74. The number of nitrogens with one attached hydrogen (secondary N) is 1. The van der Waals surface area contributed by atoms with Crippen LogP contribution >= 0.6 is 0 Å². The molecule has 0 aromatic rings. The number of nitrogens with two attached hydrogens (primary N) is 1. The van der Waals surface area contributed by atoms with Crippen molar-refractivity contribution < 1.29 is 4.79 Å². The summed E-state index contributed by atoms with van der Waals surface area (Å²) >= 11 is 0. The van der Waals surface area contributed by atoms with Gasteiger partial charge in [0.25, 0.3) is 0 Å². The third-order valence-corrected chi connectivity index (χ3v) is 4.77. The summed E-state index contributed by atoms with van der Waals surface area (Å²) in [5, 5.41) is 3.18. The second kappa shape index (κ2) is 5.80. The molecule has 112 valence electrons. The van der Waals surface area contributed by atoms with Crippen LogP contribution in [0, 0.1) is 5.41 Å². The number of carbonyl (C=O) groups excluding carboxylic acids is 1. The highest BCUT2D eigenvalue weighted by Gasteiger charge is 2.41. The van der Waals surface area contributed by atoms with Gasteiger partial charge in [-0.25, -0.2) is 0 Å².